The van der Waals surface area contributed by atoms with E-state index in [1.165, 1.54) is 21.8 Å². The van der Waals surface area contributed by atoms with Crippen molar-refractivity contribution in [2.24, 2.45) is 0 Å². The molecule has 0 amide bonds. The van der Waals surface area contributed by atoms with Crippen molar-refractivity contribution in [1.29, 1.82) is 0 Å². The molecule has 42 heavy (non-hydrogen) atoms. The molecule has 1 aliphatic carbocycles. The zero-order valence-corrected chi connectivity index (χ0v) is 24.3. The van der Waals surface area contributed by atoms with Crippen LogP contribution in [0.2, 0.25) is 0 Å². The second-order valence-electron chi connectivity index (χ2n) is 10.9. The van der Waals surface area contributed by atoms with Gasteiger partial charge in [-0.15, -0.1) is 0 Å². The van der Waals surface area contributed by atoms with Crippen molar-refractivity contribution >= 4 is 45.4 Å². The molecule has 6 heteroatoms. The van der Waals surface area contributed by atoms with Crippen LogP contribution >= 0.6 is 11.8 Å². The van der Waals surface area contributed by atoms with Crippen LogP contribution < -0.4 is 16.0 Å². The number of aromatic carboxylic acids is 1. The van der Waals surface area contributed by atoms with Gasteiger partial charge >= 0.3 is 5.97 Å². The third-order valence-electron chi connectivity index (χ3n) is 8.14. The summed E-state index contributed by atoms with van der Waals surface area (Å²) in [5, 5.41) is 13.2. The molecule has 1 fully saturated rings. The highest BCUT2D eigenvalue weighted by molar-refractivity contribution is 8.08. The van der Waals surface area contributed by atoms with Crippen LogP contribution in [0.15, 0.2) is 115 Å². The molecule has 212 valence electrons. The number of hydrogen-bond acceptors (Lipinski definition) is 5. The molecular weight excluding hydrogens is 538 g/mol. The lowest BCUT2D eigenvalue weighted by Gasteiger charge is -2.38. The van der Waals surface area contributed by atoms with E-state index >= 15 is 0 Å². The van der Waals surface area contributed by atoms with Gasteiger partial charge in [0.2, 0.25) is 0 Å². The highest BCUT2D eigenvalue weighted by Gasteiger charge is 2.28. The van der Waals surface area contributed by atoms with Gasteiger partial charge in [-0.3, -0.25) is 0 Å². The molecule has 4 aromatic rings. The lowest BCUT2D eigenvalue weighted by atomic mass is 9.92. The number of carboxylic acids is 1. The molecule has 1 heterocycles. The molecule has 0 aromatic heterocycles. The van der Waals surface area contributed by atoms with E-state index in [1.54, 1.807) is 23.9 Å². The summed E-state index contributed by atoms with van der Waals surface area (Å²) >= 11 is 1.77. The van der Waals surface area contributed by atoms with E-state index in [9.17, 15) is 9.90 Å². The van der Waals surface area contributed by atoms with Crippen LogP contribution in [-0.4, -0.2) is 17.1 Å². The number of thioether (sulfide) groups is 1. The molecule has 6 rings (SSSR count). The summed E-state index contributed by atoms with van der Waals surface area (Å²) in [4.78, 5) is 16.2. The number of carbonyl (C=O) groups is 1. The minimum absolute atomic E-state index is 0.0604. The zero-order valence-electron chi connectivity index (χ0n) is 23.5. The number of anilines is 3. The average Bonchev–Trinajstić information content (AvgIpc) is 3.03. The maximum absolute atomic E-state index is 11.6. The quantitative estimate of drug-likeness (QED) is 0.183. The molecule has 1 unspecified atom stereocenters. The fourth-order valence-corrected chi connectivity index (χ4v) is 7.03. The normalized spacial score (nSPS) is 16.6. The predicted octanol–water partition coefficient (Wildman–Crippen LogP) is 9.08. The minimum atomic E-state index is -0.984. The molecule has 0 bridgehead atoms. The van der Waals surface area contributed by atoms with Crippen LogP contribution in [-0.2, 0) is 0 Å². The molecule has 5 nitrogen and oxygen atoms in total. The van der Waals surface area contributed by atoms with Gasteiger partial charge in [0.25, 0.3) is 0 Å². The van der Waals surface area contributed by atoms with E-state index in [-0.39, 0.29) is 17.6 Å². The van der Waals surface area contributed by atoms with Gasteiger partial charge in [0, 0.05) is 32.8 Å². The molecule has 0 spiro atoms. The number of carboxylic acid groups (broad SMARTS) is 1. The minimum Gasteiger partial charge on any atom is -0.478 e. The number of nitrogen functional groups attached to an aromatic ring is 1. The first-order valence-corrected chi connectivity index (χ1v) is 15.3. The highest BCUT2D eigenvalue weighted by Crippen LogP contribution is 2.45. The Bertz CT molecular complexity index is 1630. The topological polar surface area (TPSA) is 78.6 Å². The molecule has 1 aliphatic heterocycles. The van der Waals surface area contributed by atoms with E-state index < -0.39 is 5.97 Å². The van der Waals surface area contributed by atoms with E-state index in [0.717, 1.165) is 53.9 Å². The Labute approximate surface area is 251 Å². The molecular formula is C36H35N3O2S. The Morgan fingerprint density at radius 2 is 1.57 bits per heavy atom. The Morgan fingerprint density at radius 1 is 0.881 bits per heavy atom. The summed E-state index contributed by atoms with van der Waals surface area (Å²) in [7, 11) is 0. The summed E-state index contributed by atoms with van der Waals surface area (Å²) in [5.74, 6) is -0.984. The fraction of sp³-hybridized carbons (Fsp3) is 0.194. The van der Waals surface area contributed by atoms with Gasteiger partial charge in [0.15, 0.2) is 0 Å². The maximum Gasteiger partial charge on any atom is 0.335 e. The summed E-state index contributed by atoms with van der Waals surface area (Å²) in [6.07, 6.45) is 7.92. The van der Waals surface area contributed by atoms with E-state index in [2.05, 4.69) is 89.6 Å². The fourth-order valence-electron chi connectivity index (χ4n) is 6.00. The Kier molecular flexibility index (Phi) is 8.06. The van der Waals surface area contributed by atoms with Crippen molar-refractivity contribution in [2.45, 2.75) is 49.1 Å². The second-order valence-corrected chi connectivity index (χ2v) is 12.0. The number of rotatable bonds is 8. The number of hydrogen-bond donors (Lipinski definition) is 3. The van der Waals surface area contributed by atoms with Crippen LogP contribution in [0, 0.1) is 0 Å². The van der Waals surface area contributed by atoms with Crippen LogP contribution in [0.25, 0.3) is 10.6 Å². The van der Waals surface area contributed by atoms with Crippen molar-refractivity contribution < 1.29 is 9.90 Å². The SMILES string of the molecule is C=C(c1ccc2c(c1)C(Sc1ccccc1)=CC(c1ccccc1)N2)N(c1ccc(C(=O)O)cc1N)C1CCCCC1. The average molecular weight is 574 g/mol. The van der Waals surface area contributed by atoms with Gasteiger partial charge in [-0.05, 0) is 72.5 Å². The van der Waals surface area contributed by atoms with E-state index in [1.807, 2.05) is 18.2 Å². The summed E-state index contributed by atoms with van der Waals surface area (Å²) < 4.78 is 0. The molecule has 4 aromatic carbocycles. The Morgan fingerprint density at radius 3 is 2.26 bits per heavy atom. The first kappa shape index (κ1) is 27.7. The van der Waals surface area contributed by atoms with Gasteiger partial charge < -0.3 is 21.1 Å². The third-order valence-corrected chi connectivity index (χ3v) is 9.23. The molecule has 0 saturated heterocycles. The maximum atomic E-state index is 11.6. The number of benzene rings is 4. The third kappa shape index (κ3) is 5.81. The van der Waals surface area contributed by atoms with Gasteiger partial charge in [-0.1, -0.05) is 92.2 Å². The zero-order chi connectivity index (χ0) is 29.1. The second kappa shape index (κ2) is 12.2. The van der Waals surface area contributed by atoms with Gasteiger partial charge in [0.1, 0.15) is 0 Å². The first-order chi connectivity index (χ1) is 20.5. The van der Waals surface area contributed by atoms with Crippen LogP contribution in [0.5, 0.6) is 0 Å². The number of nitrogens with zero attached hydrogens (tertiary/aromatic N) is 1. The molecule has 1 saturated carbocycles. The lowest BCUT2D eigenvalue weighted by Crippen LogP contribution is -2.35. The molecule has 4 N–H and O–H groups in total. The van der Waals surface area contributed by atoms with Crippen LogP contribution in [0.3, 0.4) is 0 Å². The standard InChI is InChI=1S/C36H35N3O2S/c1-24(39(28-13-7-3-8-14-28)34-20-18-27(36(40)41)22-31(34)37)26-17-19-32-30(21-26)35(42-29-15-9-4-10-16-29)23-33(38-32)25-11-5-2-6-12-25/h2,4-6,9-12,15-23,28,33,38H,1,3,7-8,13-14,37H2,(H,40,41). The number of nitrogens with two attached hydrogens (primary N) is 1. The monoisotopic (exact) mass is 573 g/mol. The van der Waals surface area contributed by atoms with E-state index in [0.29, 0.717) is 5.69 Å². The largest absolute Gasteiger partial charge is 0.478 e. The van der Waals surface area contributed by atoms with Crippen LogP contribution in [0.4, 0.5) is 17.1 Å². The molecule has 2 aliphatic rings. The van der Waals surface area contributed by atoms with Crippen molar-refractivity contribution in [3.05, 3.63) is 132 Å². The number of fused-ring (bicyclic) bond motifs is 1. The van der Waals surface area contributed by atoms with Crippen molar-refractivity contribution in [3.63, 3.8) is 0 Å². The van der Waals surface area contributed by atoms with Gasteiger partial charge in [-0.2, -0.15) is 0 Å². The van der Waals surface area contributed by atoms with Crippen LogP contribution in [0.1, 0.15) is 65.2 Å². The predicted molar refractivity (Wildman–Crippen MR) is 176 cm³/mol. The smallest absolute Gasteiger partial charge is 0.335 e. The van der Waals surface area contributed by atoms with Crippen molar-refractivity contribution in [3.8, 4) is 0 Å². The lowest BCUT2D eigenvalue weighted by molar-refractivity contribution is 0.0697. The molecule has 0 radical (unpaired) electrons. The summed E-state index contributed by atoms with van der Waals surface area (Å²) in [5.41, 5.74) is 13.3. The molecule has 1 atom stereocenters. The highest BCUT2D eigenvalue weighted by atomic mass is 32.2. The number of nitrogens with one attached hydrogen (secondary N) is 1. The van der Waals surface area contributed by atoms with Gasteiger partial charge in [0.05, 0.1) is 23.0 Å². The van der Waals surface area contributed by atoms with Gasteiger partial charge in [-0.25, -0.2) is 4.79 Å². The van der Waals surface area contributed by atoms with Crippen molar-refractivity contribution in [1.82, 2.24) is 0 Å². The van der Waals surface area contributed by atoms with E-state index in [4.69, 9.17) is 5.73 Å². The first-order valence-electron chi connectivity index (χ1n) is 14.5. The summed E-state index contributed by atoms with van der Waals surface area (Å²) in [6, 6.07) is 32.8. The Hall–Kier alpha value is -4.42. The van der Waals surface area contributed by atoms with Crippen molar-refractivity contribution in [2.75, 3.05) is 16.0 Å². The Balaban J connectivity index is 1.40. The summed E-state index contributed by atoms with van der Waals surface area (Å²) in [6.45, 7) is 4.60.